The Kier molecular flexibility index (Phi) is 4.60. The van der Waals surface area contributed by atoms with E-state index in [1.807, 2.05) is 13.0 Å². The van der Waals surface area contributed by atoms with Crippen molar-refractivity contribution in [3.05, 3.63) is 21.4 Å². The van der Waals surface area contributed by atoms with Crippen LogP contribution in [0.1, 0.15) is 39.9 Å². The highest BCUT2D eigenvalue weighted by Crippen LogP contribution is 2.25. The topological polar surface area (TPSA) is 58.6 Å². The van der Waals surface area contributed by atoms with E-state index < -0.39 is 5.54 Å². The molecule has 1 aromatic rings. The van der Waals surface area contributed by atoms with Gasteiger partial charge in [-0.2, -0.15) is 0 Å². The van der Waals surface area contributed by atoms with Gasteiger partial charge in [-0.3, -0.25) is 4.79 Å². The van der Waals surface area contributed by atoms with Gasteiger partial charge in [-0.1, -0.05) is 6.92 Å². The number of aliphatic hydroxyl groups excluding tert-OH is 1. The van der Waals surface area contributed by atoms with E-state index in [0.717, 1.165) is 11.3 Å². The quantitative estimate of drug-likeness (QED) is 0.887. The van der Waals surface area contributed by atoms with Crippen molar-refractivity contribution in [3.63, 3.8) is 0 Å². The van der Waals surface area contributed by atoms with Crippen molar-refractivity contribution >= 4 is 17.2 Å². The minimum Gasteiger partial charge on any atom is -0.394 e. The molecule has 0 aromatic carbocycles. The first-order chi connectivity index (χ1) is 9.10. The summed E-state index contributed by atoms with van der Waals surface area (Å²) in [7, 11) is 0. The third-order valence-corrected chi connectivity index (χ3v) is 5.08. The molecule has 0 aliphatic carbocycles. The van der Waals surface area contributed by atoms with E-state index in [2.05, 4.69) is 12.2 Å². The van der Waals surface area contributed by atoms with Crippen LogP contribution in [0, 0.1) is 6.92 Å². The molecule has 2 rings (SSSR count). The highest BCUT2D eigenvalue weighted by molar-refractivity contribution is 7.14. The van der Waals surface area contributed by atoms with Crippen LogP contribution in [-0.2, 0) is 11.2 Å². The summed E-state index contributed by atoms with van der Waals surface area (Å²) in [6, 6.07) is 1.93. The maximum Gasteiger partial charge on any atom is 0.261 e. The second-order valence-electron chi connectivity index (χ2n) is 5.08. The van der Waals surface area contributed by atoms with Crippen LogP contribution in [0.25, 0.3) is 0 Å². The van der Waals surface area contributed by atoms with Crippen molar-refractivity contribution in [2.75, 3.05) is 19.8 Å². The van der Waals surface area contributed by atoms with Crippen molar-refractivity contribution in [2.45, 2.75) is 38.6 Å². The molecule has 0 spiro atoms. The number of aliphatic hydroxyl groups is 1. The normalized spacial score (nSPS) is 18.3. The highest BCUT2D eigenvalue weighted by atomic mass is 32.1. The molecule has 1 saturated heterocycles. The third kappa shape index (κ3) is 3.16. The van der Waals surface area contributed by atoms with E-state index in [1.165, 1.54) is 10.4 Å². The van der Waals surface area contributed by atoms with Gasteiger partial charge in [0.25, 0.3) is 5.91 Å². The zero-order valence-corrected chi connectivity index (χ0v) is 12.3. The van der Waals surface area contributed by atoms with Gasteiger partial charge in [0.1, 0.15) is 0 Å². The number of thiophene rings is 1. The Labute approximate surface area is 117 Å². The predicted molar refractivity (Wildman–Crippen MR) is 75.8 cm³/mol. The zero-order valence-electron chi connectivity index (χ0n) is 11.5. The molecule has 2 N–H and O–H groups in total. The number of carbonyl (C=O) groups excluding carboxylic acids is 1. The fourth-order valence-corrected chi connectivity index (χ4v) is 3.38. The Morgan fingerprint density at radius 3 is 2.74 bits per heavy atom. The average Bonchev–Trinajstić information content (AvgIpc) is 2.81. The average molecular weight is 283 g/mol. The lowest BCUT2D eigenvalue weighted by Gasteiger charge is -2.36. The van der Waals surface area contributed by atoms with Gasteiger partial charge in [-0.25, -0.2) is 0 Å². The van der Waals surface area contributed by atoms with Gasteiger partial charge < -0.3 is 15.2 Å². The molecule has 0 unspecified atom stereocenters. The van der Waals surface area contributed by atoms with Crippen molar-refractivity contribution in [1.29, 1.82) is 0 Å². The standard InChI is InChI=1S/C14H21NO3S/c1-3-11-10(2)8-12(19-11)13(17)15-14(9-16)4-6-18-7-5-14/h8,16H,3-7,9H2,1-2H3,(H,15,17). The van der Waals surface area contributed by atoms with Crippen LogP contribution in [0.3, 0.4) is 0 Å². The van der Waals surface area contributed by atoms with Crippen LogP contribution in [0.15, 0.2) is 6.07 Å². The Balaban J connectivity index is 2.10. The minimum absolute atomic E-state index is 0.0346. The summed E-state index contributed by atoms with van der Waals surface area (Å²) in [5.74, 6) is -0.0799. The van der Waals surface area contributed by atoms with Gasteiger partial charge in [0, 0.05) is 18.1 Å². The Bertz CT molecular complexity index is 450. The first-order valence-electron chi connectivity index (χ1n) is 6.70. The lowest BCUT2D eigenvalue weighted by molar-refractivity contribution is 0.0126. The smallest absolute Gasteiger partial charge is 0.261 e. The van der Waals surface area contributed by atoms with E-state index >= 15 is 0 Å². The summed E-state index contributed by atoms with van der Waals surface area (Å²) in [5.41, 5.74) is 0.655. The fourth-order valence-electron chi connectivity index (χ4n) is 2.37. The Morgan fingerprint density at radius 1 is 1.53 bits per heavy atom. The molecule has 19 heavy (non-hydrogen) atoms. The summed E-state index contributed by atoms with van der Waals surface area (Å²) in [6.45, 7) is 5.26. The van der Waals surface area contributed by atoms with Gasteiger partial charge in [0.05, 0.1) is 17.0 Å². The molecular formula is C14H21NO3S. The lowest BCUT2D eigenvalue weighted by Crippen LogP contribution is -2.54. The molecule has 2 heterocycles. The molecule has 106 valence electrons. The van der Waals surface area contributed by atoms with Crippen LogP contribution < -0.4 is 5.32 Å². The van der Waals surface area contributed by atoms with Gasteiger partial charge in [-0.15, -0.1) is 11.3 Å². The van der Waals surface area contributed by atoms with Gasteiger partial charge >= 0.3 is 0 Å². The number of ether oxygens (including phenoxy) is 1. The summed E-state index contributed by atoms with van der Waals surface area (Å²) < 4.78 is 5.29. The minimum atomic E-state index is -0.514. The molecule has 1 fully saturated rings. The second-order valence-corrected chi connectivity index (χ2v) is 6.21. The van der Waals surface area contributed by atoms with E-state index in [-0.39, 0.29) is 12.5 Å². The van der Waals surface area contributed by atoms with E-state index in [9.17, 15) is 9.90 Å². The van der Waals surface area contributed by atoms with Crippen LogP contribution in [0.2, 0.25) is 0 Å². The molecule has 0 radical (unpaired) electrons. The Hall–Kier alpha value is -0.910. The van der Waals surface area contributed by atoms with Crippen LogP contribution >= 0.6 is 11.3 Å². The summed E-state index contributed by atoms with van der Waals surface area (Å²) in [4.78, 5) is 14.3. The third-order valence-electron chi connectivity index (χ3n) is 3.70. The fraction of sp³-hybridized carbons (Fsp3) is 0.643. The Morgan fingerprint density at radius 2 is 2.21 bits per heavy atom. The van der Waals surface area contributed by atoms with Crippen molar-refractivity contribution in [1.82, 2.24) is 5.32 Å². The van der Waals surface area contributed by atoms with Crippen LogP contribution in [-0.4, -0.2) is 36.4 Å². The lowest BCUT2D eigenvalue weighted by atomic mass is 9.91. The molecule has 5 heteroatoms. The van der Waals surface area contributed by atoms with E-state index in [4.69, 9.17) is 4.74 Å². The molecule has 4 nitrogen and oxygen atoms in total. The maximum absolute atomic E-state index is 12.3. The molecule has 1 amide bonds. The number of amides is 1. The monoisotopic (exact) mass is 283 g/mol. The SMILES string of the molecule is CCc1sc(C(=O)NC2(CO)CCOCC2)cc1C. The van der Waals surface area contributed by atoms with Crippen molar-refractivity contribution < 1.29 is 14.6 Å². The molecule has 0 atom stereocenters. The van der Waals surface area contributed by atoms with Gasteiger partial charge in [0.15, 0.2) is 0 Å². The molecule has 0 bridgehead atoms. The number of carbonyl (C=O) groups is 1. The summed E-state index contributed by atoms with van der Waals surface area (Å²) in [6.07, 6.45) is 2.28. The second kappa shape index (κ2) is 6.03. The number of hydrogen-bond acceptors (Lipinski definition) is 4. The number of hydrogen-bond donors (Lipinski definition) is 2. The van der Waals surface area contributed by atoms with Crippen molar-refractivity contribution in [3.8, 4) is 0 Å². The van der Waals surface area contributed by atoms with E-state index in [0.29, 0.717) is 26.1 Å². The predicted octanol–water partition coefficient (Wildman–Crippen LogP) is 1.89. The molecule has 1 aromatic heterocycles. The first kappa shape index (κ1) is 14.5. The highest BCUT2D eigenvalue weighted by Gasteiger charge is 2.34. The zero-order chi connectivity index (χ0) is 13.9. The molecule has 0 saturated carbocycles. The van der Waals surface area contributed by atoms with Gasteiger partial charge in [0.2, 0.25) is 0 Å². The van der Waals surface area contributed by atoms with Crippen LogP contribution in [0.5, 0.6) is 0 Å². The largest absolute Gasteiger partial charge is 0.394 e. The summed E-state index contributed by atoms with van der Waals surface area (Å²) >= 11 is 1.54. The first-order valence-corrected chi connectivity index (χ1v) is 7.52. The molecule has 1 aliphatic heterocycles. The number of rotatable bonds is 4. The molecule has 1 aliphatic rings. The number of nitrogens with one attached hydrogen (secondary N) is 1. The number of aryl methyl sites for hydroxylation is 2. The summed E-state index contributed by atoms with van der Waals surface area (Å²) in [5, 5.41) is 12.6. The maximum atomic E-state index is 12.3. The van der Waals surface area contributed by atoms with Gasteiger partial charge in [-0.05, 0) is 37.8 Å². The molecular weight excluding hydrogens is 262 g/mol. The van der Waals surface area contributed by atoms with Crippen LogP contribution in [0.4, 0.5) is 0 Å². The van der Waals surface area contributed by atoms with Crippen molar-refractivity contribution in [2.24, 2.45) is 0 Å². The van der Waals surface area contributed by atoms with E-state index in [1.54, 1.807) is 11.3 Å².